The molecule has 0 heterocycles. The van der Waals surface area contributed by atoms with Crippen LogP contribution in [0.1, 0.15) is 86.5 Å². The Morgan fingerprint density at radius 3 is 2.33 bits per heavy atom. The maximum atomic E-state index is 14.4. The Kier molecular flexibility index (Phi) is 6.39. The minimum absolute atomic E-state index is 0.0196. The van der Waals surface area contributed by atoms with Crippen molar-refractivity contribution in [2.24, 2.45) is 50.7 Å². The number of hydrogen-bond acceptors (Lipinski definition) is 4. The fourth-order valence-corrected chi connectivity index (χ4v) is 10.0. The molecule has 0 spiro atoms. The van der Waals surface area contributed by atoms with Gasteiger partial charge < -0.3 is 5.32 Å². The van der Waals surface area contributed by atoms with E-state index in [2.05, 4.69) is 46.0 Å². The number of halogens is 3. The minimum Gasteiger partial charge on any atom is -0.346 e. The summed E-state index contributed by atoms with van der Waals surface area (Å²) in [5.41, 5.74) is -1.60. The van der Waals surface area contributed by atoms with Gasteiger partial charge in [-0.2, -0.15) is 18.4 Å². The summed E-state index contributed by atoms with van der Waals surface area (Å²) in [6.07, 6.45) is 3.36. The topological polar surface area (TPSA) is 87.0 Å². The number of carbonyl (C=O) groups is 3. The van der Waals surface area contributed by atoms with Crippen LogP contribution in [0.5, 0.6) is 0 Å². The normalized spacial score (nSPS) is 44.1. The molecule has 40 heavy (non-hydrogen) atoms. The molecule has 0 aromatic rings. The molecule has 8 heteroatoms. The number of carbonyl (C=O) groups excluding carboxylic acids is 3. The van der Waals surface area contributed by atoms with Crippen LogP contribution < -0.4 is 5.32 Å². The molecule has 1 N–H and O–H groups in total. The Bertz CT molecular complexity index is 1270. The molecule has 5 aliphatic rings. The van der Waals surface area contributed by atoms with E-state index >= 15 is 0 Å². The molecule has 8 atom stereocenters. The maximum Gasteiger partial charge on any atom is 0.405 e. The van der Waals surface area contributed by atoms with Gasteiger partial charge in [-0.3, -0.25) is 14.4 Å². The van der Waals surface area contributed by atoms with Crippen LogP contribution in [0, 0.1) is 62.1 Å². The van der Waals surface area contributed by atoms with Crippen molar-refractivity contribution >= 4 is 17.5 Å². The van der Waals surface area contributed by atoms with Crippen LogP contribution in [0.15, 0.2) is 23.3 Å². The molecular formula is C32H41F3N2O3. The van der Waals surface area contributed by atoms with Crippen molar-refractivity contribution in [3.63, 3.8) is 0 Å². The zero-order valence-corrected chi connectivity index (χ0v) is 24.4. The summed E-state index contributed by atoms with van der Waals surface area (Å²) in [6, 6.07) is 2.09. The molecule has 1 amide bonds. The van der Waals surface area contributed by atoms with Gasteiger partial charge in [0, 0.05) is 17.3 Å². The van der Waals surface area contributed by atoms with Gasteiger partial charge in [-0.1, -0.05) is 53.2 Å². The highest BCUT2D eigenvalue weighted by atomic mass is 19.4. The number of allylic oxidation sites excluding steroid dienone is 4. The molecule has 5 rings (SSSR count). The molecule has 3 fully saturated rings. The predicted molar refractivity (Wildman–Crippen MR) is 143 cm³/mol. The first-order valence-corrected chi connectivity index (χ1v) is 14.6. The lowest BCUT2D eigenvalue weighted by Gasteiger charge is -2.68. The van der Waals surface area contributed by atoms with E-state index in [1.807, 2.05) is 6.92 Å². The minimum atomic E-state index is -4.51. The standard InChI is InChI=1S/C32H41F3N2O3/c1-18-20-7-8-29(5)23(28(20,4)14-19(16-36)25(18)39)13-22(38)24-21-15-27(2,3)9-11-31(21,12-10-30(24,29)6)26(40)37-17-32(33,34)35/h13-14,18,20-21,24H,7-12,15,17H2,1-6H3,(H,37,40). The molecule has 0 saturated heterocycles. The van der Waals surface area contributed by atoms with E-state index in [0.717, 1.165) is 18.4 Å². The summed E-state index contributed by atoms with van der Waals surface area (Å²) in [6.45, 7) is 11.2. The number of ketones is 2. The van der Waals surface area contributed by atoms with Crippen molar-refractivity contribution < 1.29 is 27.6 Å². The second-order valence-corrected chi connectivity index (χ2v) is 14.9. The van der Waals surface area contributed by atoms with Crippen molar-refractivity contribution in [1.82, 2.24) is 5.32 Å². The fourth-order valence-electron chi connectivity index (χ4n) is 10.0. The van der Waals surface area contributed by atoms with Gasteiger partial charge in [0.25, 0.3) is 0 Å². The third-order valence-electron chi connectivity index (χ3n) is 12.4. The average molecular weight is 559 g/mol. The van der Waals surface area contributed by atoms with Crippen molar-refractivity contribution in [2.75, 3.05) is 6.54 Å². The maximum absolute atomic E-state index is 14.4. The molecular weight excluding hydrogens is 517 g/mol. The lowest BCUT2D eigenvalue weighted by Crippen LogP contribution is -2.66. The molecule has 0 aliphatic heterocycles. The summed E-state index contributed by atoms with van der Waals surface area (Å²) in [7, 11) is 0. The van der Waals surface area contributed by atoms with Crippen molar-refractivity contribution in [1.29, 1.82) is 5.26 Å². The number of Topliss-reactive ketones (excluding diaryl/α,β-unsaturated/α-hetero) is 1. The van der Waals surface area contributed by atoms with Crippen molar-refractivity contribution in [2.45, 2.75) is 92.7 Å². The zero-order valence-electron chi connectivity index (χ0n) is 24.4. The van der Waals surface area contributed by atoms with E-state index in [1.165, 1.54) is 0 Å². The molecule has 218 valence electrons. The number of amides is 1. The van der Waals surface area contributed by atoms with E-state index in [1.54, 1.807) is 12.2 Å². The largest absolute Gasteiger partial charge is 0.405 e. The van der Waals surface area contributed by atoms with Crippen LogP contribution in [0.3, 0.4) is 0 Å². The van der Waals surface area contributed by atoms with E-state index in [0.29, 0.717) is 32.1 Å². The van der Waals surface area contributed by atoms with Gasteiger partial charge in [-0.25, -0.2) is 0 Å². The van der Waals surface area contributed by atoms with Gasteiger partial charge in [0.2, 0.25) is 5.91 Å². The van der Waals surface area contributed by atoms with Crippen LogP contribution in [-0.4, -0.2) is 30.2 Å². The highest BCUT2D eigenvalue weighted by Gasteiger charge is 2.70. The van der Waals surface area contributed by atoms with E-state index in [-0.39, 0.29) is 40.3 Å². The van der Waals surface area contributed by atoms with E-state index in [4.69, 9.17) is 0 Å². The van der Waals surface area contributed by atoms with Crippen LogP contribution in [0.2, 0.25) is 0 Å². The summed E-state index contributed by atoms with van der Waals surface area (Å²) in [4.78, 5) is 40.9. The van der Waals surface area contributed by atoms with E-state index in [9.17, 15) is 32.8 Å². The lowest BCUT2D eigenvalue weighted by molar-refractivity contribution is -0.180. The number of hydrogen-bond donors (Lipinski definition) is 1. The first-order valence-electron chi connectivity index (χ1n) is 14.6. The Morgan fingerprint density at radius 2 is 1.70 bits per heavy atom. The molecule has 3 saturated carbocycles. The molecule has 8 unspecified atom stereocenters. The number of nitrogens with one attached hydrogen (secondary N) is 1. The predicted octanol–water partition coefficient (Wildman–Crippen LogP) is 6.49. The van der Waals surface area contributed by atoms with Crippen LogP contribution >= 0.6 is 0 Å². The van der Waals surface area contributed by atoms with Gasteiger partial charge in [0.1, 0.15) is 12.6 Å². The molecule has 0 bridgehead atoms. The average Bonchev–Trinajstić information content (AvgIpc) is 2.85. The molecule has 5 aliphatic carbocycles. The number of nitriles is 1. The summed E-state index contributed by atoms with van der Waals surface area (Å²) in [5, 5.41) is 12.0. The Labute approximate surface area is 235 Å². The summed E-state index contributed by atoms with van der Waals surface area (Å²) >= 11 is 0. The lowest BCUT2D eigenvalue weighted by atomic mass is 9.34. The first kappa shape index (κ1) is 29.1. The van der Waals surface area contributed by atoms with Crippen LogP contribution in [0.4, 0.5) is 13.2 Å². The third kappa shape index (κ3) is 3.89. The number of alkyl halides is 3. The molecule has 0 aromatic carbocycles. The quantitative estimate of drug-likeness (QED) is 0.420. The van der Waals surface area contributed by atoms with Gasteiger partial charge in [-0.15, -0.1) is 0 Å². The smallest absolute Gasteiger partial charge is 0.346 e. The number of nitrogens with zero attached hydrogens (tertiary/aromatic N) is 1. The highest BCUT2D eigenvalue weighted by molar-refractivity contribution is 6.02. The fraction of sp³-hybridized carbons (Fsp3) is 0.750. The van der Waals surface area contributed by atoms with E-state index < -0.39 is 46.2 Å². The van der Waals surface area contributed by atoms with Crippen LogP contribution in [-0.2, 0) is 14.4 Å². The third-order valence-corrected chi connectivity index (χ3v) is 12.4. The number of rotatable bonds is 2. The molecule has 5 nitrogen and oxygen atoms in total. The molecule has 0 radical (unpaired) electrons. The van der Waals surface area contributed by atoms with Gasteiger partial charge >= 0.3 is 6.18 Å². The SMILES string of the molecule is CC1C(=O)C(C#N)=CC2(C)C3=CC(=O)C4C5CC(C)(C)CCC5(C(=O)NCC(F)(F)F)CCC4(C)C3(C)CCC12. The van der Waals surface area contributed by atoms with Crippen molar-refractivity contribution in [3.8, 4) is 6.07 Å². The van der Waals surface area contributed by atoms with Gasteiger partial charge in [0.15, 0.2) is 11.6 Å². The zero-order chi connectivity index (χ0) is 29.7. The Balaban J connectivity index is 1.63. The monoisotopic (exact) mass is 558 g/mol. The van der Waals surface area contributed by atoms with Gasteiger partial charge in [-0.05, 0) is 79.1 Å². The Hall–Kier alpha value is -2.43. The number of fused-ring (bicyclic) bond motifs is 7. The van der Waals surface area contributed by atoms with Gasteiger partial charge in [0.05, 0.1) is 11.0 Å². The summed E-state index contributed by atoms with van der Waals surface area (Å²) in [5.74, 6) is -1.99. The second-order valence-electron chi connectivity index (χ2n) is 14.9. The second kappa shape index (κ2) is 8.79. The Morgan fingerprint density at radius 1 is 1.05 bits per heavy atom. The molecule has 0 aromatic heterocycles. The first-order chi connectivity index (χ1) is 18.4. The summed E-state index contributed by atoms with van der Waals surface area (Å²) < 4.78 is 39.3. The highest BCUT2D eigenvalue weighted by Crippen LogP contribution is 2.73. The van der Waals surface area contributed by atoms with Crippen molar-refractivity contribution in [3.05, 3.63) is 23.3 Å². The van der Waals surface area contributed by atoms with Crippen LogP contribution in [0.25, 0.3) is 0 Å².